The molecule has 0 aromatic carbocycles. The normalized spacial score (nSPS) is 20.7. The van der Waals surface area contributed by atoms with Gasteiger partial charge in [0.1, 0.15) is 6.17 Å². The molecule has 19 heavy (non-hydrogen) atoms. The van der Waals surface area contributed by atoms with Gasteiger partial charge in [-0.1, -0.05) is 0 Å². The fourth-order valence-electron chi connectivity index (χ4n) is 1.91. The van der Waals surface area contributed by atoms with Gasteiger partial charge in [-0.05, 0) is 32.4 Å². The molecule has 1 aliphatic heterocycles. The Morgan fingerprint density at radius 3 is 2.89 bits per heavy atom. The first-order valence-electron chi connectivity index (χ1n) is 6.43. The van der Waals surface area contributed by atoms with Crippen LogP contribution in [0, 0.1) is 6.92 Å². The van der Waals surface area contributed by atoms with E-state index in [4.69, 9.17) is 0 Å². The Bertz CT molecular complexity index is 491. The largest absolute Gasteiger partial charge is 0.345 e. The van der Waals surface area contributed by atoms with E-state index >= 15 is 0 Å². The molecule has 2 N–H and O–H groups in total. The molecule has 1 aliphatic rings. The fraction of sp³-hybridized carbons (Fsp3) is 0.538. The van der Waals surface area contributed by atoms with E-state index in [0.29, 0.717) is 0 Å². The Morgan fingerprint density at radius 1 is 1.47 bits per heavy atom. The number of aryl methyl sites for hydroxylation is 1. The Kier molecular flexibility index (Phi) is 4.42. The second kappa shape index (κ2) is 6.06. The van der Waals surface area contributed by atoms with E-state index in [2.05, 4.69) is 51.6 Å². The van der Waals surface area contributed by atoms with Gasteiger partial charge in [0.2, 0.25) is 5.96 Å². The molecule has 1 atom stereocenters. The maximum Gasteiger partial charge on any atom is 0.202 e. The molecule has 0 amide bonds. The van der Waals surface area contributed by atoms with Crippen LogP contribution in [0.4, 0.5) is 0 Å². The first-order valence-corrected chi connectivity index (χ1v) is 7.24. The van der Waals surface area contributed by atoms with Gasteiger partial charge in [0.15, 0.2) is 5.96 Å². The topological polar surface area (TPSA) is 52.0 Å². The molecule has 1 aromatic rings. The highest BCUT2D eigenvalue weighted by Gasteiger charge is 2.17. The summed E-state index contributed by atoms with van der Waals surface area (Å²) in [5, 5.41) is 6.35. The van der Waals surface area contributed by atoms with Gasteiger partial charge in [-0.3, -0.25) is 10.3 Å². The molecular weight excluding hydrogens is 258 g/mol. The molecule has 0 aliphatic carbocycles. The number of thiophene rings is 1. The molecule has 1 aromatic heterocycles. The van der Waals surface area contributed by atoms with Crippen molar-refractivity contribution in [3.8, 4) is 0 Å². The number of rotatable bonds is 3. The van der Waals surface area contributed by atoms with E-state index in [0.717, 1.165) is 24.9 Å². The van der Waals surface area contributed by atoms with Crippen LogP contribution in [-0.2, 0) is 6.42 Å². The molecule has 1 unspecified atom stereocenters. The van der Waals surface area contributed by atoms with E-state index in [1.54, 1.807) is 7.05 Å². The summed E-state index contributed by atoms with van der Waals surface area (Å²) in [7, 11) is 3.82. The van der Waals surface area contributed by atoms with Crippen molar-refractivity contribution in [1.29, 1.82) is 0 Å². The lowest BCUT2D eigenvalue weighted by Gasteiger charge is -2.28. The van der Waals surface area contributed by atoms with Crippen LogP contribution in [-0.4, -0.2) is 43.6 Å². The van der Waals surface area contributed by atoms with Crippen LogP contribution in [0.1, 0.15) is 16.7 Å². The van der Waals surface area contributed by atoms with Crippen LogP contribution < -0.4 is 10.6 Å². The van der Waals surface area contributed by atoms with Crippen LogP contribution in [0.15, 0.2) is 22.1 Å². The maximum atomic E-state index is 4.54. The van der Waals surface area contributed by atoms with Crippen molar-refractivity contribution >= 4 is 23.3 Å². The summed E-state index contributed by atoms with van der Waals surface area (Å²) in [6, 6.07) is 4.37. The summed E-state index contributed by atoms with van der Waals surface area (Å²) in [6.45, 7) is 5.10. The molecule has 0 saturated carbocycles. The lowest BCUT2D eigenvalue weighted by Crippen LogP contribution is -2.54. The summed E-state index contributed by atoms with van der Waals surface area (Å²) >= 11 is 1.86. The van der Waals surface area contributed by atoms with Gasteiger partial charge in [0.25, 0.3) is 0 Å². The third kappa shape index (κ3) is 3.70. The molecule has 0 spiro atoms. The summed E-state index contributed by atoms with van der Waals surface area (Å²) in [5.74, 6) is 1.65. The highest BCUT2D eigenvalue weighted by molar-refractivity contribution is 7.11. The third-order valence-corrected chi connectivity index (χ3v) is 4.03. The van der Waals surface area contributed by atoms with Crippen LogP contribution in [0.5, 0.6) is 0 Å². The smallest absolute Gasteiger partial charge is 0.202 e. The molecule has 104 valence electrons. The Morgan fingerprint density at radius 2 is 2.26 bits per heavy atom. The van der Waals surface area contributed by atoms with E-state index in [1.165, 1.54) is 9.75 Å². The van der Waals surface area contributed by atoms with Gasteiger partial charge in [0.05, 0.1) is 0 Å². The molecule has 2 heterocycles. The summed E-state index contributed by atoms with van der Waals surface area (Å²) < 4.78 is 0. The summed E-state index contributed by atoms with van der Waals surface area (Å²) in [4.78, 5) is 13.6. The minimum absolute atomic E-state index is 0.0568. The number of hydrogen-bond donors (Lipinski definition) is 2. The molecule has 0 saturated heterocycles. The third-order valence-electron chi connectivity index (χ3n) is 2.97. The number of guanidine groups is 2. The van der Waals surface area contributed by atoms with Crippen molar-refractivity contribution in [3.63, 3.8) is 0 Å². The van der Waals surface area contributed by atoms with Crippen molar-refractivity contribution < 1.29 is 0 Å². The standard InChI is InChI=1S/C13H21N5S/c1-9-5-6-11(19-9)7-8-18(4)13-16-10(2)15-12(14-3)17-13/h5-6,10H,7-8H2,1-4H3,(H2,14,15,16,17). The van der Waals surface area contributed by atoms with Gasteiger partial charge >= 0.3 is 0 Å². The van der Waals surface area contributed by atoms with Crippen molar-refractivity contribution in [2.45, 2.75) is 26.4 Å². The molecular formula is C13H21N5S. The number of hydrogen-bond acceptors (Lipinski definition) is 4. The Labute approximate surface area is 118 Å². The zero-order valence-electron chi connectivity index (χ0n) is 11.9. The molecule has 2 rings (SSSR count). The quantitative estimate of drug-likeness (QED) is 0.879. The van der Waals surface area contributed by atoms with Crippen molar-refractivity contribution in [3.05, 3.63) is 21.9 Å². The predicted molar refractivity (Wildman–Crippen MR) is 81.9 cm³/mol. The number of nitrogens with zero attached hydrogens (tertiary/aromatic N) is 3. The van der Waals surface area contributed by atoms with Crippen LogP contribution in [0.2, 0.25) is 0 Å². The van der Waals surface area contributed by atoms with Gasteiger partial charge in [-0.15, -0.1) is 11.3 Å². The predicted octanol–water partition coefficient (Wildman–Crippen LogP) is 1.41. The fourth-order valence-corrected chi connectivity index (χ4v) is 2.78. The molecule has 0 fully saturated rings. The molecule has 5 nitrogen and oxygen atoms in total. The number of likely N-dealkylation sites (N-methyl/N-ethyl adjacent to an activating group) is 1. The van der Waals surface area contributed by atoms with Crippen molar-refractivity contribution in [2.75, 3.05) is 20.6 Å². The van der Waals surface area contributed by atoms with E-state index in [1.807, 2.05) is 18.3 Å². The second-order valence-electron chi connectivity index (χ2n) is 4.65. The first kappa shape index (κ1) is 13.9. The minimum atomic E-state index is 0.0568. The lowest BCUT2D eigenvalue weighted by molar-refractivity contribution is 0.480. The van der Waals surface area contributed by atoms with E-state index in [9.17, 15) is 0 Å². The summed E-state index contributed by atoms with van der Waals surface area (Å²) in [6.07, 6.45) is 1.09. The Balaban J connectivity index is 1.94. The maximum absolute atomic E-state index is 4.54. The SMILES string of the molecule is CN=C1NC(N(C)CCc2ccc(C)s2)=NC(C)N1. The zero-order valence-corrected chi connectivity index (χ0v) is 12.7. The highest BCUT2D eigenvalue weighted by Crippen LogP contribution is 2.15. The summed E-state index contributed by atoms with van der Waals surface area (Å²) in [5.41, 5.74) is 0. The zero-order chi connectivity index (χ0) is 13.8. The van der Waals surface area contributed by atoms with Crippen molar-refractivity contribution in [1.82, 2.24) is 15.5 Å². The molecule has 0 radical (unpaired) electrons. The van der Waals surface area contributed by atoms with Crippen LogP contribution >= 0.6 is 11.3 Å². The average molecular weight is 279 g/mol. The number of aliphatic imine (C=N–C) groups is 2. The molecule has 0 bridgehead atoms. The lowest BCUT2D eigenvalue weighted by atomic mass is 10.3. The van der Waals surface area contributed by atoms with Gasteiger partial charge in [-0.25, -0.2) is 4.99 Å². The van der Waals surface area contributed by atoms with Gasteiger partial charge in [-0.2, -0.15) is 0 Å². The van der Waals surface area contributed by atoms with Gasteiger partial charge < -0.3 is 10.2 Å². The second-order valence-corrected chi connectivity index (χ2v) is 6.03. The van der Waals surface area contributed by atoms with Crippen molar-refractivity contribution in [2.24, 2.45) is 9.98 Å². The minimum Gasteiger partial charge on any atom is -0.345 e. The van der Waals surface area contributed by atoms with Crippen LogP contribution in [0.3, 0.4) is 0 Å². The Hall–Kier alpha value is -1.56. The monoisotopic (exact) mass is 279 g/mol. The van der Waals surface area contributed by atoms with E-state index < -0.39 is 0 Å². The van der Waals surface area contributed by atoms with E-state index in [-0.39, 0.29) is 6.17 Å². The highest BCUT2D eigenvalue weighted by atomic mass is 32.1. The van der Waals surface area contributed by atoms with Gasteiger partial charge in [0, 0.05) is 30.4 Å². The van der Waals surface area contributed by atoms with Crippen LogP contribution in [0.25, 0.3) is 0 Å². The number of nitrogens with one attached hydrogen (secondary N) is 2. The molecule has 6 heteroatoms. The first-order chi connectivity index (χ1) is 9.08. The average Bonchev–Trinajstić information content (AvgIpc) is 2.81.